The number of amides is 1. The summed E-state index contributed by atoms with van der Waals surface area (Å²) in [5, 5.41) is 13.1. The Kier molecular flexibility index (Phi) is 4.28. The van der Waals surface area contributed by atoms with Crippen LogP contribution >= 0.6 is 0 Å². The molecule has 1 aromatic rings. The molecular weight excluding hydrogens is 266 g/mol. The van der Waals surface area contributed by atoms with Crippen molar-refractivity contribution in [3.8, 4) is 0 Å². The van der Waals surface area contributed by atoms with Crippen LogP contribution in [-0.4, -0.2) is 22.9 Å². The number of alkyl carbamates (subject to hydrolysis) is 1. The monoisotopic (exact) mass is 291 g/mol. The predicted octanol–water partition coefficient (Wildman–Crippen LogP) is 3.41. The van der Waals surface area contributed by atoms with E-state index in [1.165, 1.54) is 0 Å². The van der Waals surface area contributed by atoms with Crippen molar-refractivity contribution in [3.63, 3.8) is 0 Å². The summed E-state index contributed by atoms with van der Waals surface area (Å²) < 4.78 is 5.36. The average Bonchev–Trinajstić information content (AvgIpc) is 3.16. The number of nitrogens with one attached hydrogen (secondary N) is 1. The number of carbonyl (C=O) groups is 1. The van der Waals surface area contributed by atoms with Gasteiger partial charge >= 0.3 is 6.09 Å². The van der Waals surface area contributed by atoms with Crippen LogP contribution in [0.4, 0.5) is 4.79 Å². The van der Waals surface area contributed by atoms with E-state index in [-0.39, 0.29) is 11.5 Å². The Morgan fingerprint density at radius 3 is 2.29 bits per heavy atom. The zero-order valence-electron chi connectivity index (χ0n) is 13.2. The topological polar surface area (TPSA) is 58.6 Å². The van der Waals surface area contributed by atoms with E-state index in [9.17, 15) is 9.90 Å². The van der Waals surface area contributed by atoms with Crippen LogP contribution in [0.25, 0.3) is 0 Å². The quantitative estimate of drug-likeness (QED) is 0.893. The summed E-state index contributed by atoms with van der Waals surface area (Å²) in [6, 6.07) is 9.55. The number of aliphatic hydroxyl groups excluding tert-OH is 1. The zero-order chi connectivity index (χ0) is 15.7. The average molecular weight is 291 g/mol. The molecule has 1 aromatic carbocycles. The molecule has 1 saturated carbocycles. The molecule has 21 heavy (non-hydrogen) atoms. The van der Waals surface area contributed by atoms with E-state index in [1.54, 1.807) is 6.92 Å². The summed E-state index contributed by atoms with van der Waals surface area (Å²) in [6.45, 7) is 7.31. The van der Waals surface area contributed by atoms with Gasteiger partial charge in [-0.05, 0) is 46.1 Å². The standard InChI is InChI=1S/C17H25NO3/c1-12(19)17(10-11-17)14(13-8-6-5-7-9-13)18-15(20)21-16(2,3)4/h5-9,12,14,19H,10-11H2,1-4H3,(H,18,20). The third kappa shape index (κ3) is 3.76. The Bertz CT molecular complexity index is 487. The van der Waals surface area contributed by atoms with Gasteiger partial charge < -0.3 is 15.2 Å². The van der Waals surface area contributed by atoms with E-state index < -0.39 is 17.8 Å². The smallest absolute Gasteiger partial charge is 0.408 e. The Balaban J connectivity index is 2.20. The maximum Gasteiger partial charge on any atom is 0.408 e. The third-order valence-electron chi connectivity index (χ3n) is 4.03. The number of benzene rings is 1. The third-order valence-corrected chi connectivity index (χ3v) is 4.03. The van der Waals surface area contributed by atoms with Crippen molar-refractivity contribution in [1.82, 2.24) is 5.32 Å². The molecule has 4 heteroatoms. The van der Waals surface area contributed by atoms with Crippen molar-refractivity contribution in [1.29, 1.82) is 0 Å². The fraction of sp³-hybridized carbons (Fsp3) is 0.588. The fourth-order valence-corrected chi connectivity index (χ4v) is 2.72. The molecule has 0 aromatic heterocycles. The van der Waals surface area contributed by atoms with Crippen LogP contribution in [-0.2, 0) is 4.74 Å². The number of ether oxygens (including phenoxy) is 1. The number of rotatable bonds is 4. The number of hydrogen-bond acceptors (Lipinski definition) is 3. The van der Waals surface area contributed by atoms with E-state index in [4.69, 9.17) is 4.74 Å². The van der Waals surface area contributed by atoms with Gasteiger partial charge in [0, 0.05) is 5.41 Å². The molecule has 116 valence electrons. The van der Waals surface area contributed by atoms with Crippen molar-refractivity contribution in [2.24, 2.45) is 5.41 Å². The van der Waals surface area contributed by atoms with Gasteiger partial charge in [-0.3, -0.25) is 0 Å². The minimum atomic E-state index is -0.535. The highest BCUT2D eigenvalue weighted by Gasteiger charge is 2.54. The van der Waals surface area contributed by atoms with E-state index in [0.29, 0.717) is 0 Å². The molecule has 0 spiro atoms. The lowest BCUT2D eigenvalue weighted by atomic mass is 9.86. The first kappa shape index (κ1) is 15.8. The molecule has 1 aliphatic carbocycles. The first-order valence-corrected chi connectivity index (χ1v) is 7.47. The van der Waals surface area contributed by atoms with E-state index in [0.717, 1.165) is 18.4 Å². The Morgan fingerprint density at radius 1 is 1.29 bits per heavy atom. The van der Waals surface area contributed by atoms with Crippen molar-refractivity contribution < 1.29 is 14.6 Å². The number of hydrogen-bond donors (Lipinski definition) is 2. The molecule has 0 aliphatic heterocycles. The highest BCUT2D eigenvalue weighted by Crippen LogP contribution is 2.57. The van der Waals surface area contributed by atoms with Crippen molar-refractivity contribution >= 4 is 6.09 Å². The van der Waals surface area contributed by atoms with E-state index in [1.807, 2.05) is 51.1 Å². The van der Waals surface area contributed by atoms with Gasteiger partial charge in [0.25, 0.3) is 0 Å². The van der Waals surface area contributed by atoms with Gasteiger partial charge in [-0.15, -0.1) is 0 Å². The number of aliphatic hydroxyl groups is 1. The highest BCUT2D eigenvalue weighted by molar-refractivity contribution is 5.68. The maximum atomic E-state index is 12.1. The predicted molar refractivity (Wildman–Crippen MR) is 81.9 cm³/mol. The fourth-order valence-electron chi connectivity index (χ4n) is 2.72. The van der Waals surface area contributed by atoms with Crippen LogP contribution in [0.15, 0.2) is 30.3 Å². The lowest BCUT2D eigenvalue weighted by molar-refractivity contribution is 0.0385. The van der Waals surface area contributed by atoms with Crippen molar-refractivity contribution in [2.75, 3.05) is 0 Å². The summed E-state index contributed by atoms with van der Waals surface area (Å²) >= 11 is 0. The van der Waals surface area contributed by atoms with Gasteiger partial charge in [-0.1, -0.05) is 30.3 Å². The molecule has 0 radical (unpaired) electrons. The summed E-state index contributed by atoms with van der Waals surface area (Å²) in [5.41, 5.74) is 0.187. The van der Waals surface area contributed by atoms with Crippen molar-refractivity contribution in [3.05, 3.63) is 35.9 Å². The molecular formula is C17H25NO3. The second-order valence-electron chi connectivity index (χ2n) is 6.90. The minimum absolute atomic E-state index is 0.228. The molecule has 2 atom stereocenters. The first-order valence-electron chi connectivity index (χ1n) is 7.47. The van der Waals surface area contributed by atoms with Crippen LogP contribution in [0.5, 0.6) is 0 Å². The number of carbonyl (C=O) groups excluding carboxylic acids is 1. The molecule has 1 fully saturated rings. The lowest BCUT2D eigenvalue weighted by Crippen LogP contribution is -2.41. The summed E-state index contributed by atoms with van der Waals surface area (Å²) in [6.07, 6.45) is 0.890. The largest absolute Gasteiger partial charge is 0.444 e. The van der Waals surface area contributed by atoms with Gasteiger partial charge in [-0.25, -0.2) is 4.79 Å². The normalized spacial score (nSPS) is 19.5. The molecule has 0 heterocycles. The van der Waals surface area contributed by atoms with Gasteiger partial charge in [0.1, 0.15) is 5.60 Å². The highest BCUT2D eigenvalue weighted by atomic mass is 16.6. The van der Waals surface area contributed by atoms with Crippen LogP contribution in [0.1, 0.15) is 52.1 Å². The molecule has 1 aliphatic rings. The lowest BCUT2D eigenvalue weighted by Gasteiger charge is -2.31. The molecule has 0 bridgehead atoms. The second kappa shape index (κ2) is 5.68. The van der Waals surface area contributed by atoms with Gasteiger partial charge in [-0.2, -0.15) is 0 Å². The van der Waals surface area contributed by atoms with Crippen molar-refractivity contribution in [2.45, 2.75) is 58.3 Å². The molecule has 2 unspecified atom stereocenters. The van der Waals surface area contributed by atoms with Gasteiger partial charge in [0.15, 0.2) is 0 Å². The van der Waals surface area contributed by atoms with Gasteiger partial charge in [0.2, 0.25) is 0 Å². The van der Waals surface area contributed by atoms with Crippen LogP contribution in [0.2, 0.25) is 0 Å². The summed E-state index contributed by atoms with van der Waals surface area (Å²) in [7, 11) is 0. The van der Waals surface area contributed by atoms with E-state index >= 15 is 0 Å². The Labute approximate surface area is 126 Å². The van der Waals surface area contributed by atoms with Crippen LogP contribution in [0.3, 0.4) is 0 Å². The van der Waals surface area contributed by atoms with Crippen LogP contribution in [0, 0.1) is 5.41 Å². The molecule has 2 N–H and O–H groups in total. The minimum Gasteiger partial charge on any atom is -0.444 e. The first-order chi connectivity index (χ1) is 9.74. The summed E-state index contributed by atoms with van der Waals surface area (Å²) in [5.74, 6) is 0. The van der Waals surface area contributed by atoms with E-state index in [2.05, 4.69) is 5.32 Å². The van der Waals surface area contributed by atoms with Crippen LogP contribution < -0.4 is 5.32 Å². The molecule has 2 rings (SSSR count). The maximum absolute atomic E-state index is 12.1. The Morgan fingerprint density at radius 2 is 1.86 bits per heavy atom. The molecule has 1 amide bonds. The SMILES string of the molecule is CC(O)C1(C(NC(=O)OC(C)(C)C)c2ccccc2)CC1. The summed E-state index contributed by atoms with van der Waals surface area (Å²) in [4.78, 5) is 12.1. The van der Waals surface area contributed by atoms with Gasteiger partial charge in [0.05, 0.1) is 12.1 Å². The molecule has 0 saturated heterocycles. The molecule has 4 nitrogen and oxygen atoms in total. The second-order valence-corrected chi connectivity index (χ2v) is 6.90. The zero-order valence-corrected chi connectivity index (χ0v) is 13.2. The Hall–Kier alpha value is -1.55.